The molecule has 33 heavy (non-hydrogen) atoms. The number of hydrogen-bond acceptors (Lipinski definition) is 7. The number of piperidine rings is 1. The Labute approximate surface area is 202 Å². The number of rotatable bonds is 7. The van der Waals surface area contributed by atoms with E-state index in [4.69, 9.17) is 4.98 Å². The van der Waals surface area contributed by atoms with Gasteiger partial charge < -0.3 is 9.47 Å². The summed E-state index contributed by atoms with van der Waals surface area (Å²) in [5.74, 6) is 2.74. The van der Waals surface area contributed by atoms with Crippen molar-refractivity contribution >= 4 is 33.3 Å². The van der Waals surface area contributed by atoms with Crippen LogP contribution in [0.2, 0.25) is 0 Å². The van der Waals surface area contributed by atoms with Crippen molar-refractivity contribution in [3.05, 3.63) is 52.8 Å². The first-order valence-corrected chi connectivity index (χ1v) is 13.4. The molecule has 0 spiro atoms. The molecular formula is C25H28N6S2. The van der Waals surface area contributed by atoms with E-state index in [0.29, 0.717) is 5.41 Å². The monoisotopic (exact) mass is 476 g/mol. The van der Waals surface area contributed by atoms with Crippen molar-refractivity contribution in [2.24, 2.45) is 13.0 Å². The molecule has 0 amide bonds. The third-order valence-electron chi connectivity index (χ3n) is 7.14. The smallest absolute Gasteiger partial charge is 0.191 e. The topological polar surface area (TPSA) is 59.7 Å². The van der Waals surface area contributed by atoms with Gasteiger partial charge >= 0.3 is 0 Å². The normalized spacial score (nSPS) is 22.2. The van der Waals surface area contributed by atoms with Crippen LogP contribution in [0.4, 0.5) is 0 Å². The van der Waals surface area contributed by atoms with Gasteiger partial charge in [-0.3, -0.25) is 4.98 Å². The van der Waals surface area contributed by atoms with Gasteiger partial charge in [-0.25, -0.2) is 4.98 Å². The molecule has 6 nitrogen and oxygen atoms in total. The highest BCUT2D eigenvalue weighted by Crippen LogP contribution is 2.59. The maximum atomic E-state index is 4.72. The Kier molecular flexibility index (Phi) is 5.27. The maximum Gasteiger partial charge on any atom is 0.191 e. The van der Waals surface area contributed by atoms with E-state index >= 15 is 0 Å². The minimum absolute atomic E-state index is 0.374. The summed E-state index contributed by atoms with van der Waals surface area (Å²) in [6.07, 6.45) is 4.37. The van der Waals surface area contributed by atoms with Crippen molar-refractivity contribution < 1.29 is 0 Å². The summed E-state index contributed by atoms with van der Waals surface area (Å²) >= 11 is 3.59. The molecule has 1 aliphatic heterocycles. The van der Waals surface area contributed by atoms with E-state index in [1.54, 1.807) is 23.1 Å². The SMILES string of the molecule is Cc1ccc(-c2nnc(SCCCN3C[C@H]4C[C@@]4(c4ccc5sc(C)nc5c4)C3)n2C)cn1. The van der Waals surface area contributed by atoms with Crippen LogP contribution >= 0.6 is 23.1 Å². The Morgan fingerprint density at radius 1 is 1.18 bits per heavy atom. The molecular weight excluding hydrogens is 448 g/mol. The lowest BCUT2D eigenvalue weighted by Gasteiger charge is -2.21. The van der Waals surface area contributed by atoms with Crippen LogP contribution in [0.5, 0.6) is 0 Å². The highest BCUT2D eigenvalue weighted by atomic mass is 32.2. The Morgan fingerprint density at radius 2 is 2.09 bits per heavy atom. The van der Waals surface area contributed by atoms with E-state index in [-0.39, 0.29) is 0 Å². The lowest BCUT2D eigenvalue weighted by Crippen LogP contribution is -2.27. The molecule has 1 saturated heterocycles. The fourth-order valence-electron chi connectivity index (χ4n) is 5.30. The minimum Gasteiger partial charge on any atom is -0.305 e. The zero-order valence-electron chi connectivity index (χ0n) is 19.3. The number of pyridine rings is 1. The Morgan fingerprint density at radius 3 is 2.94 bits per heavy atom. The van der Waals surface area contributed by atoms with Gasteiger partial charge in [-0.2, -0.15) is 0 Å². The van der Waals surface area contributed by atoms with Crippen LogP contribution in [-0.4, -0.2) is 55.0 Å². The predicted octanol–water partition coefficient (Wildman–Crippen LogP) is 4.86. The van der Waals surface area contributed by atoms with E-state index in [0.717, 1.165) is 51.9 Å². The van der Waals surface area contributed by atoms with E-state index in [1.165, 1.54) is 35.3 Å². The first-order chi connectivity index (χ1) is 16.0. The Hall–Kier alpha value is -2.29. The Bertz CT molecular complexity index is 1310. The van der Waals surface area contributed by atoms with Gasteiger partial charge in [-0.1, -0.05) is 17.8 Å². The summed E-state index contributed by atoms with van der Waals surface area (Å²) in [6.45, 7) is 7.65. The number of thiazole rings is 1. The van der Waals surface area contributed by atoms with Gasteiger partial charge in [0.05, 0.1) is 15.2 Å². The summed E-state index contributed by atoms with van der Waals surface area (Å²) in [7, 11) is 2.04. The third-order valence-corrected chi connectivity index (χ3v) is 9.20. The highest BCUT2D eigenvalue weighted by Gasteiger charge is 2.60. The fraction of sp³-hybridized carbons (Fsp3) is 0.440. The van der Waals surface area contributed by atoms with Crippen LogP contribution in [0.1, 0.15) is 29.1 Å². The summed E-state index contributed by atoms with van der Waals surface area (Å²) in [6, 6.07) is 11.1. The van der Waals surface area contributed by atoms with Crippen molar-refractivity contribution in [1.29, 1.82) is 0 Å². The van der Waals surface area contributed by atoms with E-state index < -0.39 is 0 Å². The van der Waals surface area contributed by atoms with Gasteiger partial charge in [0.25, 0.3) is 0 Å². The van der Waals surface area contributed by atoms with Crippen molar-refractivity contribution in [1.82, 2.24) is 29.6 Å². The van der Waals surface area contributed by atoms with Crippen LogP contribution in [0.15, 0.2) is 41.7 Å². The molecule has 4 heterocycles. The number of aromatic nitrogens is 5. The molecule has 170 valence electrons. The molecule has 1 aliphatic carbocycles. The molecule has 0 radical (unpaired) electrons. The maximum absolute atomic E-state index is 4.72. The van der Waals surface area contributed by atoms with Gasteiger partial charge in [0, 0.05) is 48.8 Å². The molecule has 2 fully saturated rings. The van der Waals surface area contributed by atoms with Crippen molar-refractivity contribution in [3.8, 4) is 11.4 Å². The molecule has 0 bridgehead atoms. The zero-order chi connectivity index (χ0) is 22.6. The molecule has 3 aromatic heterocycles. The first kappa shape index (κ1) is 21.3. The van der Waals surface area contributed by atoms with Crippen molar-refractivity contribution in [2.45, 2.75) is 37.3 Å². The predicted molar refractivity (Wildman–Crippen MR) is 135 cm³/mol. The highest BCUT2D eigenvalue weighted by molar-refractivity contribution is 7.99. The van der Waals surface area contributed by atoms with Crippen LogP contribution in [0.25, 0.3) is 21.6 Å². The number of hydrogen-bond donors (Lipinski definition) is 0. The fourth-order valence-corrected chi connectivity index (χ4v) is 6.94. The second kappa shape index (κ2) is 8.18. The van der Waals surface area contributed by atoms with E-state index in [2.05, 4.69) is 55.8 Å². The molecule has 8 heteroatoms. The molecule has 2 atom stereocenters. The van der Waals surface area contributed by atoms with Crippen LogP contribution < -0.4 is 0 Å². The second-order valence-corrected chi connectivity index (χ2v) is 11.8. The summed E-state index contributed by atoms with van der Waals surface area (Å²) in [5.41, 5.74) is 5.07. The second-order valence-electron chi connectivity index (χ2n) is 9.46. The number of thioether (sulfide) groups is 1. The van der Waals surface area contributed by atoms with Crippen molar-refractivity contribution in [2.75, 3.05) is 25.4 Å². The molecule has 4 aromatic rings. The van der Waals surface area contributed by atoms with Crippen molar-refractivity contribution in [3.63, 3.8) is 0 Å². The molecule has 1 aromatic carbocycles. The standard InChI is InChI=1S/C25H28N6S2/c1-16-5-6-18(13-26-16)23-28-29-24(30(23)3)32-10-4-9-31-14-20-12-25(20,15-31)19-7-8-22-21(11-19)27-17(2)33-22/h5-8,11,13,20H,4,9-10,12,14-15H2,1-3H3/t20-,25+/m1/s1. The molecule has 2 aliphatic rings. The van der Waals surface area contributed by atoms with Gasteiger partial charge in [0.1, 0.15) is 0 Å². The van der Waals surface area contributed by atoms with Crippen LogP contribution in [0, 0.1) is 19.8 Å². The summed E-state index contributed by atoms with van der Waals surface area (Å²) in [5, 5.41) is 10.9. The minimum atomic E-state index is 0.374. The Balaban J connectivity index is 1.03. The molecule has 0 N–H and O–H groups in total. The number of nitrogens with zero attached hydrogens (tertiary/aromatic N) is 6. The largest absolute Gasteiger partial charge is 0.305 e. The lowest BCUT2D eigenvalue weighted by molar-refractivity contribution is 0.299. The lowest BCUT2D eigenvalue weighted by atomic mass is 9.95. The summed E-state index contributed by atoms with van der Waals surface area (Å²) in [4.78, 5) is 11.8. The van der Waals surface area contributed by atoms with Gasteiger partial charge in [-0.05, 0) is 69.0 Å². The third kappa shape index (κ3) is 3.88. The molecule has 0 unspecified atom stereocenters. The number of aryl methyl sites for hydroxylation is 2. The van der Waals surface area contributed by atoms with Crippen LogP contribution in [-0.2, 0) is 12.5 Å². The quantitative estimate of drug-likeness (QED) is 0.280. The summed E-state index contributed by atoms with van der Waals surface area (Å²) < 4.78 is 3.38. The van der Waals surface area contributed by atoms with Gasteiger partial charge in [0.2, 0.25) is 0 Å². The first-order valence-electron chi connectivity index (χ1n) is 11.6. The molecule has 6 rings (SSSR count). The van der Waals surface area contributed by atoms with E-state index in [9.17, 15) is 0 Å². The average molecular weight is 477 g/mol. The number of benzene rings is 1. The van der Waals surface area contributed by atoms with Crippen LogP contribution in [0.3, 0.4) is 0 Å². The molecule has 1 saturated carbocycles. The zero-order valence-corrected chi connectivity index (χ0v) is 20.9. The average Bonchev–Trinajstić information content (AvgIpc) is 3.08. The van der Waals surface area contributed by atoms with E-state index in [1.807, 2.05) is 26.2 Å². The van der Waals surface area contributed by atoms with Gasteiger partial charge in [-0.15, -0.1) is 21.5 Å². The number of fused-ring (bicyclic) bond motifs is 2. The van der Waals surface area contributed by atoms with Gasteiger partial charge in [0.15, 0.2) is 11.0 Å². The number of likely N-dealkylation sites (tertiary alicyclic amines) is 1.